The second-order valence-corrected chi connectivity index (χ2v) is 6.67. The summed E-state index contributed by atoms with van der Waals surface area (Å²) in [5.74, 6) is 3.96. The minimum atomic E-state index is -0.621. The van der Waals surface area contributed by atoms with Crippen molar-refractivity contribution in [3.63, 3.8) is 0 Å². The molecular weight excluding hydrogens is 364 g/mol. The summed E-state index contributed by atoms with van der Waals surface area (Å²) in [4.78, 5) is 20.3. The number of H-pyrrole nitrogens is 1. The highest BCUT2D eigenvalue weighted by atomic mass is 35.5. The number of aromatic amines is 1. The lowest BCUT2D eigenvalue weighted by Crippen LogP contribution is -2.11. The molecule has 1 aliphatic rings. The lowest BCUT2D eigenvalue weighted by Gasteiger charge is -2.08. The summed E-state index contributed by atoms with van der Waals surface area (Å²) in [6.45, 7) is 0. The maximum Gasteiger partial charge on any atom is 0.250 e. The fourth-order valence-corrected chi connectivity index (χ4v) is 2.91. The predicted octanol–water partition coefficient (Wildman–Crippen LogP) is 3.96. The molecular formula is C19H21ClN6O. The number of primary amides is 1. The molecule has 1 amide bonds. The van der Waals surface area contributed by atoms with Gasteiger partial charge in [-0.25, -0.2) is 9.97 Å². The number of carbonyl (C=O) groups excluding carboxylic acids is 1. The number of nitrogens with zero attached hydrogens (tertiary/aromatic N) is 3. The van der Waals surface area contributed by atoms with Crippen LogP contribution in [0, 0.1) is 12.3 Å². The molecule has 140 valence electrons. The maximum absolute atomic E-state index is 11.5. The quantitative estimate of drug-likeness (QED) is 0.577. The van der Waals surface area contributed by atoms with Crippen LogP contribution >= 0.6 is 11.6 Å². The molecule has 2 heterocycles. The molecule has 2 aromatic heterocycles. The number of rotatable bonds is 5. The minimum Gasteiger partial charge on any atom is -0.366 e. The number of carbonyl (C=O) groups is 1. The highest BCUT2D eigenvalue weighted by Gasteiger charge is 2.25. The van der Waals surface area contributed by atoms with E-state index in [2.05, 4.69) is 31.4 Å². The third-order valence-corrected chi connectivity index (χ3v) is 4.63. The Kier molecular flexibility index (Phi) is 4.26. The van der Waals surface area contributed by atoms with Gasteiger partial charge in [-0.15, -0.1) is 6.42 Å². The standard InChI is InChI=1S/C19H15ClN6O.3H2/c1-2-10-9-22-18(12-5-6-14(20)13(7-12)17(21)27)24-19(10)23-16-8-15(25-26-16)11-3-4-11;;;/h1,5-9,11H,3-4H2,(H2,21,27)(H2,22,23,24,25,26);3*1H. The number of halogens is 1. The van der Waals surface area contributed by atoms with Gasteiger partial charge in [-0.05, 0) is 31.0 Å². The molecule has 1 aliphatic carbocycles. The van der Waals surface area contributed by atoms with Gasteiger partial charge >= 0.3 is 0 Å². The van der Waals surface area contributed by atoms with Crippen molar-refractivity contribution in [3.8, 4) is 23.7 Å². The van der Waals surface area contributed by atoms with E-state index in [0.717, 1.165) is 5.69 Å². The minimum absolute atomic E-state index is 0. The molecule has 7 nitrogen and oxygen atoms in total. The van der Waals surface area contributed by atoms with Crippen molar-refractivity contribution < 1.29 is 9.07 Å². The molecule has 0 unspecified atom stereocenters. The second-order valence-electron chi connectivity index (χ2n) is 6.27. The number of nitrogens with one attached hydrogen (secondary N) is 2. The summed E-state index contributed by atoms with van der Waals surface area (Å²) in [5.41, 5.74) is 7.75. The van der Waals surface area contributed by atoms with Crippen LogP contribution in [0.2, 0.25) is 5.02 Å². The number of hydrogen-bond acceptors (Lipinski definition) is 5. The fourth-order valence-electron chi connectivity index (χ4n) is 2.70. The second kappa shape index (κ2) is 6.74. The van der Waals surface area contributed by atoms with Crippen molar-refractivity contribution in [3.05, 3.63) is 52.3 Å². The first-order valence-electron chi connectivity index (χ1n) is 8.31. The molecule has 0 aliphatic heterocycles. The van der Waals surface area contributed by atoms with Crippen LogP contribution in [0.3, 0.4) is 0 Å². The Labute approximate surface area is 164 Å². The predicted molar refractivity (Wildman–Crippen MR) is 109 cm³/mol. The van der Waals surface area contributed by atoms with Gasteiger partial charge in [0.2, 0.25) is 5.91 Å². The van der Waals surface area contributed by atoms with Gasteiger partial charge in [0.1, 0.15) is 0 Å². The SMILES string of the molecule is C#Cc1cnc(-c2ccc(Cl)c(C(N)=O)c2)nc1Nc1cc(C2CC2)[nH]n1.[HH].[HH].[HH]. The molecule has 1 fully saturated rings. The zero-order valence-corrected chi connectivity index (χ0v) is 14.9. The van der Waals surface area contributed by atoms with E-state index >= 15 is 0 Å². The molecule has 27 heavy (non-hydrogen) atoms. The largest absolute Gasteiger partial charge is 0.366 e. The van der Waals surface area contributed by atoms with Crippen LogP contribution in [0.1, 0.15) is 44.7 Å². The third-order valence-electron chi connectivity index (χ3n) is 4.30. The van der Waals surface area contributed by atoms with E-state index in [4.69, 9.17) is 23.8 Å². The molecule has 0 bridgehead atoms. The van der Waals surface area contributed by atoms with Crippen LogP contribution in [-0.4, -0.2) is 26.1 Å². The third kappa shape index (κ3) is 3.48. The number of anilines is 2. The molecule has 4 rings (SSSR count). The van der Waals surface area contributed by atoms with Gasteiger partial charge in [0, 0.05) is 33.7 Å². The van der Waals surface area contributed by atoms with E-state index in [0.29, 0.717) is 34.5 Å². The molecule has 1 aromatic carbocycles. The van der Waals surface area contributed by atoms with Crippen LogP contribution in [0.4, 0.5) is 11.6 Å². The smallest absolute Gasteiger partial charge is 0.250 e. The van der Waals surface area contributed by atoms with Gasteiger partial charge in [0.25, 0.3) is 0 Å². The Hall–Kier alpha value is -3.37. The number of nitrogens with two attached hydrogens (primary N) is 1. The van der Waals surface area contributed by atoms with Crippen molar-refractivity contribution >= 4 is 29.1 Å². The zero-order valence-electron chi connectivity index (χ0n) is 14.2. The van der Waals surface area contributed by atoms with Gasteiger partial charge in [0.05, 0.1) is 16.1 Å². The number of amides is 1. The molecule has 8 heteroatoms. The van der Waals surface area contributed by atoms with Crippen molar-refractivity contribution in [1.29, 1.82) is 0 Å². The maximum atomic E-state index is 11.5. The molecule has 4 N–H and O–H groups in total. The number of terminal acetylenes is 1. The van der Waals surface area contributed by atoms with E-state index < -0.39 is 5.91 Å². The first-order valence-corrected chi connectivity index (χ1v) is 8.68. The highest BCUT2D eigenvalue weighted by molar-refractivity contribution is 6.33. The molecule has 0 atom stereocenters. The topological polar surface area (TPSA) is 110 Å². The molecule has 1 saturated carbocycles. The Morgan fingerprint density at radius 3 is 2.93 bits per heavy atom. The Morgan fingerprint density at radius 1 is 1.41 bits per heavy atom. The van der Waals surface area contributed by atoms with E-state index in [1.165, 1.54) is 19.0 Å². The highest BCUT2D eigenvalue weighted by Crippen LogP contribution is 2.39. The molecule has 3 aromatic rings. The van der Waals surface area contributed by atoms with Crippen LogP contribution in [0.25, 0.3) is 11.4 Å². The average Bonchev–Trinajstić information content (AvgIpc) is 3.41. The summed E-state index contributed by atoms with van der Waals surface area (Å²) in [6, 6.07) is 6.80. The van der Waals surface area contributed by atoms with Gasteiger partial charge in [-0.1, -0.05) is 17.5 Å². The van der Waals surface area contributed by atoms with Gasteiger partial charge in [0.15, 0.2) is 17.5 Å². The van der Waals surface area contributed by atoms with Crippen LogP contribution in [0.15, 0.2) is 30.5 Å². The number of hydrogen-bond donors (Lipinski definition) is 3. The summed E-state index contributed by atoms with van der Waals surface area (Å²) < 4.78 is 0. The molecule has 0 spiro atoms. The number of aromatic nitrogens is 4. The van der Waals surface area contributed by atoms with Crippen molar-refractivity contribution in [1.82, 2.24) is 20.2 Å². The van der Waals surface area contributed by atoms with Gasteiger partial charge in [-0.3, -0.25) is 9.89 Å². The van der Waals surface area contributed by atoms with Crippen LogP contribution in [0.5, 0.6) is 0 Å². The van der Waals surface area contributed by atoms with Crippen LogP contribution in [-0.2, 0) is 0 Å². The van der Waals surface area contributed by atoms with E-state index in [1.807, 2.05) is 6.07 Å². The Morgan fingerprint density at radius 2 is 2.22 bits per heavy atom. The van der Waals surface area contributed by atoms with Crippen molar-refractivity contribution in [2.75, 3.05) is 5.32 Å². The molecule has 0 saturated heterocycles. The van der Waals surface area contributed by atoms with E-state index in [1.54, 1.807) is 18.2 Å². The lowest BCUT2D eigenvalue weighted by molar-refractivity contribution is 0.100. The summed E-state index contributed by atoms with van der Waals surface area (Å²) in [6.07, 6.45) is 9.45. The fraction of sp³-hybridized carbons (Fsp3) is 0.158. The lowest BCUT2D eigenvalue weighted by atomic mass is 10.1. The van der Waals surface area contributed by atoms with Crippen LogP contribution < -0.4 is 11.1 Å². The Balaban J connectivity index is 0.00000150. The van der Waals surface area contributed by atoms with Gasteiger partial charge < -0.3 is 11.1 Å². The van der Waals surface area contributed by atoms with E-state index in [9.17, 15) is 4.79 Å². The summed E-state index contributed by atoms with van der Waals surface area (Å²) in [5, 5.41) is 10.7. The normalized spacial score (nSPS) is 13.2. The van der Waals surface area contributed by atoms with E-state index in [-0.39, 0.29) is 14.9 Å². The first-order chi connectivity index (χ1) is 13.0. The number of benzene rings is 1. The summed E-state index contributed by atoms with van der Waals surface area (Å²) >= 11 is 6.01. The zero-order chi connectivity index (χ0) is 19.0. The monoisotopic (exact) mass is 384 g/mol. The molecule has 0 radical (unpaired) electrons. The van der Waals surface area contributed by atoms with Gasteiger partial charge in [-0.2, -0.15) is 5.10 Å². The Bertz CT molecular complexity index is 1090. The average molecular weight is 385 g/mol. The summed E-state index contributed by atoms with van der Waals surface area (Å²) in [7, 11) is 0. The first kappa shape index (κ1) is 17.1. The van der Waals surface area contributed by atoms with Crippen molar-refractivity contribution in [2.45, 2.75) is 18.8 Å². The van der Waals surface area contributed by atoms with Crippen molar-refractivity contribution in [2.24, 2.45) is 5.73 Å².